The van der Waals surface area contributed by atoms with Crippen molar-refractivity contribution in [3.63, 3.8) is 0 Å². The van der Waals surface area contributed by atoms with E-state index < -0.39 is 0 Å². The van der Waals surface area contributed by atoms with Crippen molar-refractivity contribution in [3.05, 3.63) is 90.5 Å². The average Bonchev–Trinajstić information content (AvgIpc) is 2.66. The second kappa shape index (κ2) is 10.3. The summed E-state index contributed by atoms with van der Waals surface area (Å²) in [6.07, 6.45) is 0. The zero-order valence-electron chi connectivity index (χ0n) is 17.7. The summed E-state index contributed by atoms with van der Waals surface area (Å²) in [5.41, 5.74) is 3.37. The first-order valence-corrected chi connectivity index (χ1v) is 9.76. The minimum absolute atomic E-state index is 0.127. The molecule has 2 aromatic carbocycles. The van der Waals surface area contributed by atoms with E-state index in [1.807, 2.05) is 48.5 Å². The Morgan fingerprint density at radius 2 is 1.32 bits per heavy atom. The summed E-state index contributed by atoms with van der Waals surface area (Å²) in [5, 5.41) is 0. The molecule has 0 spiro atoms. The van der Waals surface area contributed by atoms with E-state index in [2.05, 4.69) is 53.2 Å². The van der Waals surface area contributed by atoms with Crippen LogP contribution in [0.1, 0.15) is 19.4 Å². The number of quaternary nitrogens is 1. The van der Waals surface area contributed by atoms with Gasteiger partial charge in [-0.25, -0.2) is 0 Å². The molecule has 0 bridgehead atoms. The van der Waals surface area contributed by atoms with Crippen molar-refractivity contribution in [2.45, 2.75) is 32.5 Å². The van der Waals surface area contributed by atoms with E-state index in [0.29, 0.717) is 24.3 Å². The van der Waals surface area contributed by atoms with E-state index in [0.717, 1.165) is 16.9 Å². The third kappa shape index (κ3) is 6.08. The zero-order chi connectivity index (χ0) is 20.6. The van der Waals surface area contributed by atoms with Crippen molar-refractivity contribution in [2.75, 3.05) is 27.3 Å². The van der Waals surface area contributed by atoms with Crippen LogP contribution in [0.25, 0.3) is 0 Å². The molecule has 3 nitrogen and oxygen atoms in total. The molecule has 2 unspecified atom stereocenters. The molecular weight excluding hydrogens is 346 g/mol. The minimum atomic E-state index is 0.127. The molecule has 3 heteroatoms. The van der Waals surface area contributed by atoms with Crippen LogP contribution in [0, 0.1) is 0 Å². The molecule has 0 N–H and O–H groups in total. The van der Waals surface area contributed by atoms with Crippen LogP contribution in [0.4, 0.5) is 0 Å². The number of nitrogens with zero attached hydrogens (tertiary/aromatic N) is 1. The van der Waals surface area contributed by atoms with Gasteiger partial charge in [0.05, 0.1) is 20.7 Å². The zero-order valence-corrected chi connectivity index (χ0v) is 17.7. The lowest BCUT2D eigenvalue weighted by Gasteiger charge is -2.44. The lowest BCUT2D eigenvalue weighted by atomic mass is 10.0. The largest absolute Gasteiger partial charge is 0.487 e. The minimum Gasteiger partial charge on any atom is -0.487 e. The van der Waals surface area contributed by atoms with Crippen molar-refractivity contribution in [1.29, 1.82) is 0 Å². The molecule has 0 saturated carbocycles. The molecule has 0 amide bonds. The normalized spacial score (nSPS) is 13.6. The van der Waals surface area contributed by atoms with Gasteiger partial charge in [0.25, 0.3) is 0 Å². The summed E-state index contributed by atoms with van der Waals surface area (Å²) >= 11 is 0. The van der Waals surface area contributed by atoms with E-state index in [9.17, 15) is 0 Å². The maximum Gasteiger partial charge on any atom is 0.145 e. The molecule has 28 heavy (non-hydrogen) atoms. The molecule has 2 rings (SSSR count). The summed E-state index contributed by atoms with van der Waals surface area (Å²) < 4.78 is 12.8. The van der Waals surface area contributed by atoms with Crippen molar-refractivity contribution < 1.29 is 14.0 Å². The van der Waals surface area contributed by atoms with Crippen molar-refractivity contribution in [2.24, 2.45) is 0 Å². The maximum atomic E-state index is 6.08. The van der Waals surface area contributed by atoms with Gasteiger partial charge in [-0.05, 0) is 42.7 Å². The number of likely N-dealkylation sites (N-methyl/N-ethyl adjacent to an activating group) is 1. The van der Waals surface area contributed by atoms with Crippen LogP contribution >= 0.6 is 0 Å². The molecule has 0 aliphatic heterocycles. The van der Waals surface area contributed by atoms with Crippen LogP contribution in [-0.2, 0) is 11.3 Å². The predicted molar refractivity (Wildman–Crippen MR) is 117 cm³/mol. The Balaban J connectivity index is 2.07. The predicted octanol–water partition coefficient (Wildman–Crippen LogP) is 5.25. The van der Waals surface area contributed by atoms with Crippen LogP contribution < -0.4 is 4.74 Å². The number of hydrogen-bond donors (Lipinski definition) is 0. The lowest BCUT2D eigenvalue weighted by Crippen LogP contribution is -2.60. The Morgan fingerprint density at radius 3 is 1.86 bits per heavy atom. The van der Waals surface area contributed by atoms with Gasteiger partial charge in [-0.2, -0.15) is 0 Å². The Kier molecular flexibility index (Phi) is 8.04. The Labute approximate surface area is 170 Å². The monoisotopic (exact) mass is 380 g/mol. The summed E-state index contributed by atoms with van der Waals surface area (Å²) in [4.78, 5) is 0. The standard InChI is InChI=1S/C25H34NO2/c1-20(2)24(18-27-17-22-13-9-7-10-14-22)26(5,6)25(21(3)4)19-28-23-15-11-8-12-16-23/h7-16,24-25H,1,3,17-19H2,2,4-6H3/q+1. The van der Waals surface area contributed by atoms with Gasteiger partial charge in [0, 0.05) is 0 Å². The van der Waals surface area contributed by atoms with Crippen molar-refractivity contribution in [3.8, 4) is 5.75 Å². The van der Waals surface area contributed by atoms with Crippen LogP contribution in [0.2, 0.25) is 0 Å². The number of rotatable bonds is 11. The van der Waals surface area contributed by atoms with Gasteiger partial charge < -0.3 is 14.0 Å². The van der Waals surface area contributed by atoms with E-state index in [4.69, 9.17) is 9.47 Å². The van der Waals surface area contributed by atoms with E-state index in [1.54, 1.807) is 0 Å². The number of benzene rings is 2. The lowest BCUT2D eigenvalue weighted by molar-refractivity contribution is -0.929. The number of hydrogen-bond acceptors (Lipinski definition) is 2. The van der Waals surface area contributed by atoms with Crippen molar-refractivity contribution in [1.82, 2.24) is 0 Å². The van der Waals surface area contributed by atoms with Gasteiger partial charge in [-0.3, -0.25) is 0 Å². The topological polar surface area (TPSA) is 18.5 Å². The molecule has 2 atom stereocenters. The molecule has 0 heterocycles. The first-order valence-electron chi connectivity index (χ1n) is 9.76. The van der Waals surface area contributed by atoms with Crippen molar-refractivity contribution >= 4 is 0 Å². The van der Waals surface area contributed by atoms with Gasteiger partial charge >= 0.3 is 0 Å². The van der Waals surface area contributed by atoms with Gasteiger partial charge in [0.2, 0.25) is 0 Å². The van der Waals surface area contributed by atoms with Gasteiger partial charge in [-0.1, -0.05) is 61.7 Å². The molecular formula is C25H34NO2+. The van der Waals surface area contributed by atoms with Crippen LogP contribution in [-0.4, -0.2) is 43.9 Å². The number of ether oxygens (including phenoxy) is 2. The Hall–Kier alpha value is -2.36. The SMILES string of the molecule is C=C(C)C(COCc1ccccc1)[N+](C)(C)C(COc1ccccc1)C(=C)C. The molecule has 0 aliphatic carbocycles. The van der Waals surface area contributed by atoms with Crippen LogP contribution in [0.5, 0.6) is 5.75 Å². The summed E-state index contributed by atoms with van der Waals surface area (Å²) in [5.74, 6) is 0.876. The average molecular weight is 381 g/mol. The Bertz CT molecular complexity index is 753. The maximum absolute atomic E-state index is 6.08. The smallest absolute Gasteiger partial charge is 0.145 e. The first-order chi connectivity index (χ1) is 13.3. The van der Waals surface area contributed by atoms with Gasteiger partial charge in [0.15, 0.2) is 0 Å². The first kappa shape index (κ1) is 21.9. The fraction of sp³-hybridized carbons (Fsp3) is 0.360. The second-order valence-electron chi connectivity index (χ2n) is 7.98. The highest BCUT2D eigenvalue weighted by atomic mass is 16.5. The van der Waals surface area contributed by atoms with E-state index in [1.165, 1.54) is 5.56 Å². The van der Waals surface area contributed by atoms with Gasteiger partial charge in [-0.15, -0.1) is 0 Å². The number of para-hydroxylation sites is 1. The Morgan fingerprint density at radius 1 is 0.821 bits per heavy atom. The fourth-order valence-corrected chi connectivity index (χ4v) is 3.58. The molecule has 2 aromatic rings. The summed E-state index contributed by atoms with van der Waals surface area (Å²) in [6.45, 7) is 14.4. The molecule has 0 radical (unpaired) electrons. The molecule has 0 fully saturated rings. The highest BCUT2D eigenvalue weighted by molar-refractivity contribution is 5.21. The second-order valence-corrected chi connectivity index (χ2v) is 7.98. The quantitative estimate of drug-likeness (QED) is 0.392. The van der Waals surface area contributed by atoms with Crippen LogP contribution in [0.3, 0.4) is 0 Å². The molecule has 0 aliphatic rings. The molecule has 150 valence electrons. The highest BCUT2D eigenvalue weighted by Gasteiger charge is 2.38. The third-order valence-corrected chi connectivity index (χ3v) is 5.28. The molecule has 0 saturated heterocycles. The van der Waals surface area contributed by atoms with Gasteiger partial charge in [0.1, 0.15) is 31.0 Å². The van der Waals surface area contributed by atoms with E-state index in [-0.39, 0.29) is 12.1 Å². The fourth-order valence-electron chi connectivity index (χ4n) is 3.58. The highest BCUT2D eigenvalue weighted by Crippen LogP contribution is 2.25. The third-order valence-electron chi connectivity index (χ3n) is 5.28. The van der Waals surface area contributed by atoms with Crippen LogP contribution in [0.15, 0.2) is 85.0 Å². The summed E-state index contributed by atoms with van der Waals surface area (Å²) in [7, 11) is 4.41. The summed E-state index contributed by atoms with van der Waals surface area (Å²) in [6, 6.07) is 20.4. The molecule has 0 aromatic heterocycles. The van der Waals surface area contributed by atoms with E-state index >= 15 is 0 Å².